The van der Waals surface area contributed by atoms with Crippen LogP contribution in [0.2, 0.25) is 0 Å². The van der Waals surface area contributed by atoms with Crippen LogP contribution in [0, 0.1) is 51.2 Å². The molecule has 3 fully saturated rings. The van der Waals surface area contributed by atoms with Crippen molar-refractivity contribution >= 4 is 27.5 Å². The largest absolute Gasteiger partial charge is 0.370 e. The van der Waals surface area contributed by atoms with E-state index in [0.717, 1.165) is 47.1 Å². The molecule has 0 spiro atoms. The molecule has 4 rings (SSSR count). The quantitative estimate of drug-likeness (QED) is 0.0864. The van der Waals surface area contributed by atoms with Crippen LogP contribution in [0.15, 0.2) is 11.6 Å². The molecular formula is C31H55N3S2. The highest BCUT2D eigenvalue weighted by molar-refractivity contribution is 8.76. The molecule has 8 atom stereocenters. The second-order valence-corrected chi connectivity index (χ2v) is 16.9. The standard InChI is InChI=1S/C31H55N3S2/c1-21(2)8-7-9-22(3)25-10-11-26-30(25,5)17-14-27-29(4)16-13-24(36-35-19-18-34-28(32)33)20-23(29)12-15-31(26,27)6/h12,21-22,24-27H,7-11,13-20H2,1-6H3,(H4,32,33,34)/t22?,24?,25?,26-,27?,29?,30?,31-/m1/s1. The molecule has 0 saturated heterocycles. The molecule has 0 aromatic carbocycles. The molecule has 0 aromatic rings. The van der Waals surface area contributed by atoms with E-state index in [9.17, 15) is 0 Å². The Bertz CT molecular complexity index is 812. The van der Waals surface area contributed by atoms with E-state index in [1.54, 1.807) is 5.57 Å². The molecule has 0 amide bonds. The maximum atomic E-state index is 7.31. The Morgan fingerprint density at radius 3 is 2.56 bits per heavy atom. The van der Waals surface area contributed by atoms with Gasteiger partial charge in [0.15, 0.2) is 5.96 Å². The van der Waals surface area contributed by atoms with Gasteiger partial charge in [0.1, 0.15) is 0 Å². The number of rotatable bonds is 10. The molecule has 3 saturated carbocycles. The zero-order valence-electron chi connectivity index (χ0n) is 24.1. The van der Waals surface area contributed by atoms with Crippen molar-refractivity contribution in [3.63, 3.8) is 0 Å². The smallest absolute Gasteiger partial charge is 0.185 e. The Kier molecular flexibility index (Phi) is 9.13. The molecule has 4 aliphatic rings. The van der Waals surface area contributed by atoms with Crippen molar-refractivity contribution in [2.45, 2.75) is 117 Å². The van der Waals surface area contributed by atoms with Crippen LogP contribution in [0.25, 0.3) is 0 Å². The molecule has 36 heavy (non-hydrogen) atoms. The van der Waals surface area contributed by atoms with Gasteiger partial charge in [0.25, 0.3) is 0 Å². The Balaban J connectivity index is 1.40. The SMILES string of the molecule is CC(C)CCCC(C)C1CC[C@@H]2C1(C)CCC1C3(C)CCC(SSCCNC(=N)N)CC3=CC[C@@]12C. The van der Waals surface area contributed by atoms with Crippen molar-refractivity contribution in [2.24, 2.45) is 51.6 Å². The van der Waals surface area contributed by atoms with E-state index in [-0.39, 0.29) is 5.96 Å². The summed E-state index contributed by atoms with van der Waals surface area (Å²) in [5, 5.41) is 11.0. The molecule has 0 aliphatic heterocycles. The van der Waals surface area contributed by atoms with Gasteiger partial charge in [-0.2, -0.15) is 0 Å². The third-order valence-corrected chi connectivity index (χ3v) is 14.4. The van der Waals surface area contributed by atoms with Crippen molar-refractivity contribution in [1.82, 2.24) is 5.32 Å². The van der Waals surface area contributed by atoms with Gasteiger partial charge >= 0.3 is 0 Å². The fourth-order valence-electron chi connectivity index (χ4n) is 9.76. The molecule has 5 heteroatoms. The lowest BCUT2D eigenvalue weighted by molar-refractivity contribution is -0.109. The highest BCUT2D eigenvalue weighted by atomic mass is 33.1. The second-order valence-electron chi connectivity index (χ2n) is 14.1. The van der Waals surface area contributed by atoms with Crippen LogP contribution in [0.3, 0.4) is 0 Å². The molecule has 3 nitrogen and oxygen atoms in total. The van der Waals surface area contributed by atoms with E-state index in [1.807, 2.05) is 10.8 Å². The molecule has 6 unspecified atom stereocenters. The topological polar surface area (TPSA) is 61.9 Å². The van der Waals surface area contributed by atoms with Gasteiger partial charge in [-0.05, 0) is 97.2 Å². The zero-order chi connectivity index (χ0) is 26.1. The lowest BCUT2D eigenvalue weighted by Crippen LogP contribution is -2.56. The summed E-state index contributed by atoms with van der Waals surface area (Å²) in [6, 6.07) is 0. The Labute approximate surface area is 230 Å². The van der Waals surface area contributed by atoms with Crippen molar-refractivity contribution in [3.05, 3.63) is 11.6 Å². The maximum Gasteiger partial charge on any atom is 0.185 e. The van der Waals surface area contributed by atoms with Crippen LogP contribution in [0.5, 0.6) is 0 Å². The molecular weight excluding hydrogens is 478 g/mol. The minimum absolute atomic E-state index is 0.0854. The third-order valence-electron chi connectivity index (χ3n) is 11.5. The number of guanidine groups is 1. The highest BCUT2D eigenvalue weighted by Crippen LogP contribution is 2.72. The minimum Gasteiger partial charge on any atom is -0.370 e. The minimum atomic E-state index is 0.0854. The molecule has 0 bridgehead atoms. The summed E-state index contributed by atoms with van der Waals surface area (Å²) in [4.78, 5) is 0. The molecule has 0 radical (unpaired) electrons. The van der Waals surface area contributed by atoms with Crippen LogP contribution in [-0.4, -0.2) is 23.5 Å². The number of allylic oxidation sites excluding steroid dienone is 2. The monoisotopic (exact) mass is 533 g/mol. The molecule has 0 aromatic heterocycles. The Morgan fingerprint density at radius 2 is 1.83 bits per heavy atom. The number of fused-ring (bicyclic) bond motifs is 5. The molecule has 206 valence electrons. The lowest BCUT2D eigenvalue weighted by Gasteiger charge is -2.63. The summed E-state index contributed by atoms with van der Waals surface area (Å²) in [7, 11) is 4.04. The average Bonchev–Trinajstić information content (AvgIpc) is 3.17. The summed E-state index contributed by atoms with van der Waals surface area (Å²) in [5.74, 6) is 5.55. The van der Waals surface area contributed by atoms with Crippen LogP contribution in [0.1, 0.15) is 112 Å². The van der Waals surface area contributed by atoms with Gasteiger partial charge in [-0.1, -0.05) is 94.0 Å². The highest BCUT2D eigenvalue weighted by Gasteiger charge is 2.63. The van der Waals surface area contributed by atoms with Crippen LogP contribution in [-0.2, 0) is 0 Å². The fourth-order valence-corrected chi connectivity index (χ4v) is 12.3. The van der Waals surface area contributed by atoms with Gasteiger partial charge in [-0.15, -0.1) is 0 Å². The van der Waals surface area contributed by atoms with Crippen LogP contribution < -0.4 is 11.1 Å². The first-order valence-corrected chi connectivity index (χ1v) is 17.4. The van der Waals surface area contributed by atoms with E-state index < -0.39 is 0 Å². The van der Waals surface area contributed by atoms with E-state index >= 15 is 0 Å². The normalized spacial score (nSPS) is 40.7. The summed E-state index contributed by atoms with van der Waals surface area (Å²) in [5.41, 5.74) is 8.68. The molecule has 4 aliphatic carbocycles. The number of hydrogen-bond donors (Lipinski definition) is 3. The maximum absolute atomic E-state index is 7.31. The molecule has 4 N–H and O–H groups in total. The first-order chi connectivity index (χ1) is 17.0. The first-order valence-electron chi connectivity index (χ1n) is 15.1. The average molecular weight is 534 g/mol. The summed E-state index contributed by atoms with van der Waals surface area (Å²) in [6.07, 6.45) is 18.2. The lowest BCUT2D eigenvalue weighted by atomic mass is 9.41. The summed E-state index contributed by atoms with van der Waals surface area (Å²) in [6.45, 7) is 16.3. The second kappa shape index (κ2) is 11.4. The fraction of sp³-hybridized carbons (Fsp3) is 0.903. The van der Waals surface area contributed by atoms with Gasteiger partial charge in [-0.3, -0.25) is 5.41 Å². The molecule has 0 heterocycles. The van der Waals surface area contributed by atoms with Gasteiger partial charge in [0.2, 0.25) is 0 Å². The zero-order valence-corrected chi connectivity index (χ0v) is 25.8. The van der Waals surface area contributed by atoms with Gasteiger partial charge in [0, 0.05) is 17.5 Å². The van der Waals surface area contributed by atoms with E-state index in [2.05, 4.69) is 63.7 Å². The van der Waals surface area contributed by atoms with E-state index in [4.69, 9.17) is 11.1 Å². The van der Waals surface area contributed by atoms with Crippen molar-refractivity contribution in [3.8, 4) is 0 Å². The predicted molar refractivity (Wildman–Crippen MR) is 161 cm³/mol. The van der Waals surface area contributed by atoms with E-state index in [0.29, 0.717) is 16.2 Å². The number of hydrogen-bond acceptors (Lipinski definition) is 3. The Morgan fingerprint density at radius 1 is 1.06 bits per heavy atom. The third kappa shape index (κ3) is 5.54. The van der Waals surface area contributed by atoms with E-state index in [1.165, 1.54) is 70.6 Å². The number of nitrogens with two attached hydrogens (primary N) is 1. The van der Waals surface area contributed by atoms with Crippen LogP contribution >= 0.6 is 21.6 Å². The van der Waals surface area contributed by atoms with Gasteiger partial charge in [-0.25, -0.2) is 0 Å². The summed E-state index contributed by atoms with van der Waals surface area (Å²) >= 11 is 0. The van der Waals surface area contributed by atoms with Gasteiger partial charge in [0.05, 0.1) is 0 Å². The summed E-state index contributed by atoms with van der Waals surface area (Å²) < 4.78 is 0. The van der Waals surface area contributed by atoms with Gasteiger partial charge < -0.3 is 11.1 Å². The van der Waals surface area contributed by atoms with Crippen LogP contribution in [0.4, 0.5) is 0 Å². The number of nitrogens with one attached hydrogen (secondary N) is 2. The predicted octanol–water partition coefficient (Wildman–Crippen LogP) is 8.65. The van der Waals surface area contributed by atoms with Crippen molar-refractivity contribution in [2.75, 3.05) is 12.3 Å². The van der Waals surface area contributed by atoms with Crippen molar-refractivity contribution in [1.29, 1.82) is 5.41 Å². The van der Waals surface area contributed by atoms with Crippen molar-refractivity contribution < 1.29 is 0 Å². The Hall–Kier alpha value is -0.290. The first kappa shape index (κ1) is 28.7.